The Morgan fingerprint density at radius 2 is 2.03 bits per heavy atom. The molecule has 2 amide bonds. The second-order valence-corrected chi connectivity index (χ2v) is 10.5. The van der Waals surface area contributed by atoms with E-state index in [9.17, 15) is 19.2 Å². The Labute approximate surface area is 198 Å². The molecule has 2 aliphatic heterocycles. The first kappa shape index (κ1) is 24.3. The lowest BCUT2D eigenvalue weighted by Crippen LogP contribution is -2.70. The molecule has 8 nitrogen and oxygen atoms in total. The third-order valence-corrected chi connectivity index (χ3v) is 7.02. The lowest BCUT2D eigenvalue weighted by Gasteiger charge is -2.50. The summed E-state index contributed by atoms with van der Waals surface area (Å²) in [7, 11) is 0. The Morgan fingerprint density at radius 3 is 2.59 bits per heavy atom. The SMILES string of the molecule is CC(=O)OCC1=C(C(=O)OC(C)(C)C)N2C(=O)C(NC(=O)Cc3cccs3)[C@H]2S/C1=C\Cl. The van der Waals surface area contributed by atoms with E-state index in [2.05, 4.69) is 5.32 Å². The molecular formula is C21H23ClN2O6S2. The molecule has 1 unspecified atom stereocenters. The number of halogens is 1. The van der Waals surface area contributed by atoms with Crippen molar-refractivity contribution in [3.8, 4) is 0 Å². The number of nitrogens with zero attached hydrogens (tertiary/aromatic N) is 1. The zero-order valence-electron chi connectivity index (χ0n) is 18.0. The zero-order chi connectivity index (χ0) is 23.6. The van der Waals surface area contributed by atoms with Crippen molar-refractivity contribution in [1.29, 1.82) is 0 Å². The lowest BCUT2D eigenvalue weighted by atomic mass is 10.0. The first-order valence-electron chi connectivity index (χ1n) is 9.74. The first-order chi connectivity index (χ1) is 15.0. The molecule has 2 atom stereocenters. The molecule has 2 aliphatic rings. The van der Waals surface area contributed by atoms with Gasteiger partial charge in [0.1, 0.15) is 29.3 Å². The van der Waals surface area contributed by atoms with Crippen LogP contribution in [0, 0.1) is 0 Å². The van der Waals surface area contributed by atoms with Gasteiger partial charge in [-0.15, -0.1) is 11.3 Å². The number of amides is 2. The maximum atomic E-state index is 13.0. The van der Waals surface area contributed by atoms with Crippen LogP contribution in [0.4, 0.5) is 0 Å². The van der Waals surface area contributed by atoms with Gasteiger partial charge in [-0.2, -0.15) is 0 Å². The van der Waals surface area contributed by atoms with Crippen LogP contribution in [-0.2, 0) is 35.1 Å². The zero-order valence-corrected chi connectivity index (χ0v) is 20.4. The van der Waals surface area contributed by atoms with Crippen LogP contribution < -0.4 is 5.32 Å². The second-order valence-electron chi connectivity index (χ2n) is 8.10. The molecule has 0 saturated carbocycles. The van der Waals surface area contributed by atoms with E-state index in [1.807, 2.05) is 17.5 Å². The standard InChI is InChI=1S/C21H23ClN2O6S2/c1-11(25)29-10-13-14(9-22)32-19-16(23-15(26)8-12-6-5-7-31-12)18(27)24(19)17(13)20(28)30-21(2,3)4/h5-7,9,16,19H,8,10H2,1-4H3,(H,23,26)/b14-9-/t16?,19-/m1/s1. The van der Waals surface area contributed by atoms with E-state index in [0.29, 0.717) is 4.91 Å². The molecule has 172 valence electrons. The van der Waals surface area contributed by atoms with E-state index in [1.54, 1.807) is 20.8 Å². The highest BCUT2D eigenvalue weighted by Crippen LogP contribution is 2.47. The molecule has 1 N–H and O–H groups in total. The van der Waals surface area contributed by atoms with Gasteiger partial charge in [0, 0.05) is 27.8 Å². The predicted molar refractivity (Wildman–Crippen MR) is 122 cm³/mol. The number of esters is 2. The van der Waals surface area contributed by atoms with E-state index in [0.717, 1.165) is 4.88 Å². The van der Waals surface area contributed by atoms with E-state index in [1.165, 1.54) is 40.5 Å². The average molecular weight is 499 g/mol. The molecule has 0 aliphatic carbocycles. The Hall–Kier alpha value is -2.30. The van der Waals surface area contributed by atoms with E-state index >= 15 is 0 Å². The summed E-state index contributed by atoms with van der Waals surface area (Å²) < 4.78 is 10.6. The van der Waals surface area contributed by atoms with Crippen molar-refractivity contribution >= 4 is 58.5 Å². The largest absolute Gasteiger partial charge is 0.461 e. The molecule has 0 spiro atoms. The van der Waals surface area contributed by atoms with Crippen molar-refractivity contribution in [3.05, 3.63) is 44.1 Å². The van der Waals surface area contributed by atoms with Crippen LogP contribution in [0.3, 0.4) is 0 Å². The van der Waals surface area contributed by atoms with Crippen LogP contribution in [0.5, 0.6) is 0 Å². The molecule has 3 heterocycles. The molecular weight excluding hydrogens is 476 g/mol. The van der Waals surface area contributed by atoms with Crippen molar-refractivity contribution in [2.45, 2.75) is 51.1 Å². The van der Waals surface area contributed by atoms with E-state index in [-0.39, 0.29) is 30.2 Å². The normalized spacial score (nSPS) is 21.7. The number of ether oxygens (including phenoxy) is 2. The molecule has 1 aromatic rings. The fourth-order valence-electron chi connectivity index (χ4n) is 3.17. The second kappa shape index (κ2) is 9.68. The molecule has 3 rings (SSSR count). The predicted octanol–water partition coefficient (Wildman–Crippen LogP) is 2.93. The molecule has 11 heteroatoms. The van der Waals surface area contributed by atoms with Gasteiger partial charge in [0.25, 0.3) is 5.91 Å². The quantitative estimate of drug-likeness (QED) is 0.475. The van der Waals surface area contributed by atoms with Crippen LogP contribution in [0.1, 0.15) is 32.6 Å². The minimum absolute atomic E-state index is 0.0365. The number of thioether (sulfide) groups is 1. The van der Waals surface area contributed by atoms with Gasteiger partial charge in [0.05, 0.1) is 6.42 Å². The van der Waals surface area contributed by atoms with Gasteiger partial charge < -0.3 is 14.8 Å². The number of rotatable bonds is 6. The highest BCUT2D eigenvalue weighted by Gasteiger charge is 2.56. The summed E-state index contributed by atoms with van der Waals surface area (Å²) in [6, 6.07) is 2.86. The Bertz CT molecular complexity index is 996. The minimum Gasteiger partial charge on any atom is -0.461 e. The van der Waals surface area contributed by atoms with Gasteiger partial charge in [-0.05, 0) is 32.2 Å². The Kier molecular flexibility index (Phi) is 7.36. The van der Waals surface area contributed by atoms with E-state index < -0.39 is 34.9 Å². The van der Waals surface area contributed by atoms with Crippen molar-refractivity contribution in [3.63, 3.8) is 0 Å². The number of hydrogen-bond acceptors (Lipinski definition) is 8. The summed E-state index contributed by atoms with van der Waals surface area (Å²) in [6.07, 6.45) is 0.156. The van der Waals surface area contributed by atoms with Crippen LogP contribution in [-0.4, -0.2) is 52.3 Å². The average Bonchev–Trinajstić information content (AvgIpc) is 3.20. The van der Waals surface area contributed by atoms with Gasteiger partial charge >= 0.3 is 11.9 Å². The number of thiophene rings is 1. The number of nitrogens with one attached hydrogen (secondary N) is 1. The van der Waals surface area contributed by atoms with E-state index in [4.69, 9.17) is 21.1 Å². The van der Waals surface area contributed by atoms with Crippen LogP contribution in [0.15, 0.2) is 39.2 Å². The van der Waals surface area contributed by atoms with Gasteiger partial charge in [-0.25, -0.2) is 4.79 Å². The molecule has 1 fully saturated rings. The third-order valence-electron chi connectivity index (χ3n) is 4.46. The molecule has 32 heavy (non-hydrogen) atoms. The summed E-state index contributed by atoms with van der Waals surface area (Å²) in [4.78, 5) is 52.4. The number of fused-ring (bicyclic) bond motifs is 1. The smallest absolute Gasteiger partial charge is 0.356 e. The third kappa shape index (κ3) is 5.36. The van der Waals surface area contributed by atoms with Crippen molar-refractivity contribution in [2.24, 2.45) is 0 Å². The topological polar surface area (TPSA) is 102 Å². The molecule has 0 bridgehead atoms. The highest BCUT2D eigenvalue weighted by molar-refractivity contribution is 8.04. The van der Waals surface area contributed by atoms with Gasteiger partial charge in [0.15, 0.2) is 0 Å². The molecule has 0 radical (unpaired) electrons. The summed E-state index contributed by atoms with van der Waals surface area (Å²) >= 11 is 8.67. The van der Waals surface area contributed by atoms with Crippen LogP contribution in [0.2, 0.25) is 0 Å². The van der Waals surface area contributed by atoms with Gasteiger partial charge in [-0.1, -0.05) is 29.4 Å². The summed E-state index contributed by atoms with van der Waals surface area (Å²) in [5, 5.41) is 4.04. The molecule has 1 saturated heterocycles. The van der Waals surface area contributed by atoms with Crippen molar-refractivity contribution in [1.82, 2.24) is 10.2 Å². The minimum atomic E-state index is -0.827. The fraction of sp³-hybridized carbons (Fsp3) is 0.429. The number of carbonyl (C=O) groups excluding carboxylic acids is 4. The maximum absolute atomic E-state index is 13.0. The number of hydrogen-bond donors (Lipinski definition) is 1. The van der Waals surface area contributed by atoms with Gasteiger partial charge in [0.2, 0.25) is 5.91 Å². The van der Waals surface area contributed by atoms with Crippen molar-refractivity contribution in [2.75, 3.05) is 6.61 Å². The number of carbonyl (C=O) groups is 4. The Balaban J connectivity index is 1.88. The lowest BCUT2D eigenvalue weighted by molar-refractivity contribution is -0.159. The molecule has 0 aromatic carbocycles. The monoisotopic (exact) mass is 498 g/mol. The maximum Gasteiger partial charge on any atom is 0.356 e. The van der Waals surface area contributed by atoms with Crippen LogP contribution in [0.25, 0.3) is 0 Å². The highest BCUT2D eigenvalue weighted by atomic mass is 35.5. The summed E-state index contributed by atoms with van der Waals surface area (Å²) in [5.74, 6) is -2.03. The van der Waals surface area contributed by atoms with Gasteiger partial charge in [-0.3, -0.25) is 19.3 Å². The summed E-state index contributed by atoms with van der Waals surface area (Å²) in [6.45, 7) is 6.11. The summed E-state index contributed by atoms with van der Waals surface area (Å²) in [5.41, 5.74) is 0.690. The van der Waals surface area contributed by atoms with Crippen molar-refractivity contribution < 1.29 is 28.7 Å². The fourth-order valence-corrected chi connectivity index (χ4v) is 5.40. The Morgan fingerprint density at radius 1 is 1.31 bits per heavy atom. The molecule has 1 aromatic heterocycles. The first-order valence-corrected chi connectivity index (χ1v) is 11.9. The van der Waals surface area contributed by atoms with Crippen LogP contribution >= 0.6 is 34.7 Å². The number of β-lactam (4-membered cyclic amide) rings is 1.